The standard InChI is InChI=1S/C22H35N5O2/c1-17-15-18(2)27(23-17)16-19(28)25-13-8-22(9-14-25)7-6-10-24(3)20(22)21(29)26-11-4-5-12-26/h15,20H,4-14,16H2,1-3H3. The predicted molar refractivity (Wildman–Crippen MR) is 111 cm³/mol. The predicted octanol–water partition coefficient (Wildman–Crippen LogP) is 1.83. The van der Waals surface area contributed by atoms with Crippen molar-refractivity contribution in [1.29, 1.82) is 0 Å². The summed E-state index contributed by atoms with van der Waals surface area (Å²) in [6, 6.07) is 1.98. The van der Waals surface area contributed by atoms with E-state index in [1.165, 1.54) is 0 Å². The number of piperidine rings is 2. The molecule has 0 saturated carbocycles. The third kappa shape index (κ3) is 3.93. The minimum Gasteiger partial charge on any atom is -0.341 e. The highest BCUT2D eigenvalue weighted by atomic mass is 16.2. The third-order valence-corrected chi connectivity index (χ3v) is 7.36. The maximum Gasteiger partial charge on any atom is 0.244 e. The number of rotatable bonds is 3. The van der Waals surface area contributed by atoms with Gasteiger partial charge in [-0.25, -0.2) is 0 Å². The van der Waals surface area contributed by atoms with Gasteiger partial charge in [-0.3, -0.25) is 19.2 Å². The lowest BCUT2D eigenvalue weighted by Gasteiger charge is -2.52. The van der Waals surface area contributed by atoms with Crippen LogP contribution in [0.15, 0.2) is 6.07 Å². The summed E-state index contributed by atoms with van der Waals surface area (Å²) in [5.41, 5.74) is 1.98. The molecule has 1 unspecified atom stereocenters. The fourth-order valence-electron chi connectivity index (χ4n) is 5.76. The summed E-state index contributed by atoms with van der Waals surface area (Å²) in [5.74, 6) is 0.463. The van der Waals surface area contributed by atoms with E-state index in [1.807, 2.05) is 24.8 Å². The second-order valence-electron chi connectivity index (χ2n) is 9.35. The van der Waals surface area contributed by atoms with Crippen LogP contribution in [0.1, 0.15) is 49.9 Å². The Kier molecular flexibility index (Phi) is 5.69. The Morgan fingerprint density at radius 1 is 1.00 bits per heavy atom. The average Bonchev–Trinajstić information content (AvgIpc) is 3.32. The second kappa shape index (κ2) is 8.09. The van der Waals surface area contributed by atoms with Crippen molar-refractivity contribution in [3.8, 4) is 0 Å². The minimum atomic E-state index is -0.0254. The number of amides is 2. The molecular formula is C22H35N5O2. The van der Waals surface area contributed by atoms with Gasteiger partial charge in [0.1, 0.15) is 6.54 Å². The van der Waals surface area contributed by atoms with Gasteiger partial charge in [0.05, 0.1) is 11.7 Å². The summed E-state index contributed by atoms with van der Waals surface area (Å²) in [7, 11) is 2.11. The fourth-order valence-corrected chi connectivity index (χ4v) is 5.76. The Morgan fingerprint density at radius 3 is 2.31 bits per heavy atom. The highest BCUT2D eigenvalue weighted by molar-refractivity contribution is 5.83. The molecule has 0 radical (unpaired) electrons. The normalized spacial score (nSPS) is 25.0. The molecular weight excluding hydrogens is 366 g/mol. The zero-order valence-corrected chi connectivity index (χ0v) is 18.2. The van der Waals surface area contributed by atoms with Gasteiger partial charge < -0.3 is 9.80 Å². The first-order valence-electron chi connectivity index (χ1n) is 11.2. The molecule has 3 aliphatic rings. The van der Waals surface area contributed by atoms with Gasteiger partial charge in [-0.1, -0.05) is 0 Å². The van der Waals surface area contributed by atoms with Crippen LogP contribution in [0.25, 0.3) is 0 Å². The fraction of sp³-hybridized carbons (Fsp3) is 0.773. The number of likely N-dealkylation sites (N-methyl/N-ethyl adjacent to an activating group) is 1. The summed E-state index contributed by atoms with van der Waals surface area (Å²) in [4.78, 5) is 32.6. The molecule has 0 N–H and O–H groups in total. The van der Waals surface area contributed by atoms with Crippen molar-refractivity contribution in [2.75, 3.05) is 39.8 Å². The van der Waals surface area contributed by atoms with Gasteiger partial charge in [-0.05, 0) is 77.4 Å². The van der Waals surface area contributed by atoms with E-state index in [1.54, 1.807) is 4.68 Å². The Hall–Kier alpha value is -1.89. The van der Waals surface area contributed by atoms with Gasteiger partial charge in [0.25, 0.3) is 0 Å². The monoisotopic (exact) mass is 401 g/mol. The van der Waals surface area contributed by atoms with Crippen molar-refractivity contribution in [3.05, 3.63) is 17.5 Å². The molecule has 4 heterocycles. The van der Waals surface area contributed by atoms with Crippen LogP contribution in [-0.4, -0.2) is 82.1 Å². The Bertz CT molecular complexity index is 759. The Labute approximate surface area is 174 Å². The first kappa shape index (κ1) is 20.4. The second-order valence-corrected chi connectivity index (χ2v) is 9.35. The van der Waals surface area contributed by atoms with Crippen LogP contribution >= 0.6 is 0 Å². The van der Waals surface area contributed by atoms with Gasteiger partial charge in [-0.15, -0.1) is 0 Å². The van der Waals surface area contributed by atoms with Gasteiger partial charge in [-0.2, -0.15) is 5.10 Å². The van der Waals surface area contributed by atoms with E-state index in [0.29, 0.717) is 12.5 Å². The largest absolute Gasteiger partial charge is 0.341 e. The van der Waals surface area contributed by atoms with E-state index < -0.39 is 0 Å². The lowest BCUT2D eigenvalue weighted by Crippen LogP contribution is -2.61. The van der Waals surface area contributed by atoms with Crippen molar-refractivity contribution in [2.24, 2.45) is 5.41 Å². The lowest BCUT2D eigenvalue weighted by atomic mass is 9.66. The van der Waals surface area contributed by atoms with Gasteiger partial charge in [0.15, 0.2) is 0 Å². The van der Waals surface area contributed by atoms with Crippen LogP contribution in [0.3, 0.4) is 0 Å². The van der Waals surface area contributed by atoms with E-state index in [2.05, 4.69) is 21.9 Å². The SMILES string of the molecule is Cc1cc(C)n(CC(=O)N2CCC3(CCCN(C)C3C(=O)N3CCCC3)CC2)n1. The molecule has 1 aromatic heterocycles. The topological polar surface area (TPSA) is 61.7 Å². The number of hydrogen-bond donors (Lipinski definition) is 0. The zero-order chi connectivity index (χ0) is 20.6. The number of carbonyl (C=O) groups excluding carboxylic acids is 2. The summed E-state index contributed by atoms with van der Waals surface area (Å²) in [6.45, 7) is 8.56. The third-order valence-electron chi connectivity index (χ3n) is 7.36. The van der Waals surface area contributed by atoms with E-state index in [0.717, 1.165) is 82.6 Å². The molecule has 3 saturated heterocycles. The number of nitrogens with zero attached hydrogens (tertiary/aromatic N) is 5. The number of hydrogen-bond acceptors (Lipinski definition) is 4. The van der Waals surface area contributed by atoms with Crippen LogP contribution in [0.5, 0.6) is 0 Å². The number of aromatic nitrogens is 2. The van der Waals surface area contributed by atoms with Gasteiger partial charge >= 0.3 is 0 Å². The molecule has 1 atom stereocenters. The molecule has 29 heavy (non-hydrogen) atoms. The number of likely N-dealkylation sites (tertiary alicyclic amines) is 3. The molecule has 2 amide bonds. The van der Waals surface area contributed by atoms with E-state index in [9.17, 15) is 9.59 Å². The molecule has 1 spiro atoms. The quantitative estimate of drug-likeness (QED) is 0.775. The van der Waals surface area contributed by atoms with Crippen molar-refractivity contribution in [2.45, 2.75) is 65.0 Å². The molecule has 4 rings (SSSR count). The Balaban J connectivity index is 1.43. The van der Waals surface area contributed by atoms with E-state index >= 15 is 0 Å². The highest BCUT2D eigenvalue weighted by Gasteiger charge is 2.50. The molecule has 7 nitrogen and oxygen atoms in total. The number of carbonyl (C=O) groups is 2. The van der Waals surface area contributed by atoms with E-state index in [4.69, 9.17) is 0 Å². The summed E-state index contributed by atoms with van der Waals surface area (Å²) < 4.78 is 1.80. The number of aryl methyl sites for hydroxylation is 2. The van der Waals surface area contributed by atoms with Gasteiger partial charge in [0, 0.05) is 31.9 Å². The summed E-state index contributed by atoms with van der Waals surface area (Å²) in [5, 5.41) is 4.43. The molecule has 7 heteroatoms. The summed E-state index contributed by atoms with van der Waals surface area (Å²) >= 11 is 0. The zero-order valence-electron chi connectivity index (χ0n) is 18.2. The lowest BCUT2D eigenvalue weighted by molar-refractivity contribution is -0.148. The smallest absolute Gasteiger partial charge is 0.244 e. The maximum atomic E-state index is 13.4. The van der Waals surface area contributed by atoms with Gasteiger partial charge in [0.2, 0.25) is 11.8 Å². The Morgan fingerprint density at radius 2 is 1.69 bits per heavy atom. The molecule has 0 aromatic carbocycles. The molecule has 0 aliphatic carbocycles. The first-order valence-corrected chi connectivity index (χ1v) is 11.2. The molecule has 160 valence electrons. The molecule has 1 aromatic rings. The first-order chi connectivity index (χ1) is 13.9. The van der Waals surface area contributed by atoms with E-state index in [-0.39, 0.29) is 17.4 Å². The van der Waals surface area contributed by atoms with Crippen molar-refractivity contribution in [1.82, 2.24) is 24.5 Å². The molecule has 3 aliphatic heterocycles. The average molecular weight is 402 g/mol. The summed E-state index contributed by atoms with van der Waals surface area (Å²) in [6.07, 6.45) is 6.34. The van der Waals surface area contributed by atoms with Crippen molar-refractivity contribution in [3.63, 3.8) is 0 Å². The van der Waals surface area contributed by atoms with Crippen LogP contribution in [0.4, 0.5) is 0 Å². The van der Waals surface area contributed by atoms with Crippen LogP contribution in [0.2, 0.25) is 0 Å². The van der Waals surface area contributed by atoms with Crippen molar-refractivity contribution < 1.29 is 9.59 Å². The molecule has 3 fully saturated rings. The molecule has 0 bridgehead atoms. The van der Waals surface area contributed by atoms with Crippen molar-refractivity contribution >= 4 is 11.8 Å². The maximum absolute atomic E-state index is 13.4. The highest BCUT2D eigenvalue weighted by Crippen LogP contribution is 2.45. The van der Waals surface area contributed by atoms with Crippen LogP contribution in [-0.2, 0) is 16.1 Å². The minimum absolute atomic E-state index is 0.0155. The van der Waals surface area contributed by atoms with Crippen LogP contribution < -0.4 is 0 Å². The van der Waals surface area contributed by atoms with Crippen LogP contribution in [0, 0.1) is 19.3 Å².